The summed E-state index contributed by atoms with van der Waals surface area (Å²) >= 11 is 0. The first-order valence-electron chi connectivity index (χ1n) is 7.45. The number of benzene rings is 2. The number of hydrogen-bond donors (Lipinski definition) is 0. The van der Waals surface area contributed by atoms with Crippen molar-refractivity contribution in [2.75, 3.05) is 13.2 Å². The summed E-state index contributed by atoms with van der Waals surface area (Å²) in [5, 5.41) is 0. The fourth-order valence-electron chi connectivity index (χ4n) is 1.86. The first-order chi connectivity index (χ1) is 11.7. The maximum Gasteiger partial charge on any atom is 0.338 e. The van der Waals surface area contributed by atoms with Gasteiger partial charge in [-0.25, -0.2) is 9.59 Å². The normalized spacial score (nSPS) is 10.3. The van der Waals surface area contributed by atoms with Crippen molar-refractivity contribution in [2.45, 2.75) is 0 Å². The van der Waals surface area contributed by atoms with Gasteiger partial charge in [-0.3, -0.25) is 0 Å². The van der Waals surface area contributed by atoms with Crippen molar-refractivity contribution in [2.24, 2.45) is 0 Å². The molecule has 0 heterocycles. The summed E-state index contributed by atoms with van der Waals surface area (Å²) in [6.45, 7) is 4.00. The highest BCUT2D eigenvalue weighted by molar-refractivity contribution is 5.89. The summed E-state index contributed by atoms with van der Waals surface area (Å²) < 4.78 is 10.2. The number of esters is 2. The van der Waals surface area contributed by atoms with Gasteiger partial charge in [0.15, 0.2) is 0 Å². The van der Waals surface area contributed by atoms with Crippen molar-refractivity contribution in [1.29, 1.82) is 0 Å². The molecule has 0 saturated heterocycles. The highest BCUT2D eigenvalue weighted by Gasteiger charge is 2.06. The van der Waals surface area contributed by atoms with E-state index in [1.165, 1.54) is 0 Å². The zero-order valence-corrected chi connectivity index (χ0v) is 13.2. The lowest BCUT2D eigenvalue weighted by atomic mass is 10.2. The third-order valence-corrected chi connectivity index (χ3v) is 3.07. The van der Waals surface area contributed by atoms with E-state index in [2.05, 4.69) is 6.58 Å². The van der Waals surface area contributed by atoms with Crippen LogP contribution < -0.4 is 0 Å². The molecule has 0 spiro atoms. The van der Waals surface area contributed by atoms with Gasteiger partial charge in [0.25, 0.3) is 0 Å². The van der Waals surface area contributed by atoms with Crippen LogP contribution in [0.2, 0.25) is 0 Å². The van der Waals surface area contributed by atoms with E-state index in [-0.39, 0.29) is 19.2 Å². The van der Waals surface area contributed by atoms with E-state index >= 15 is 0 Å². The molecule has 0 aliphatic rings. The Morgan fingerprint density at radius 3 is 1.88 bits per heavy atom. The van der Waals surface area contributed by atoms with Crippen LogP contribution in [0.15, 0.2) is 85.0 Å². The number of ether oxygens (including phenoxy) is 2. The molecule has 122 valence electrons. The molecule has 0 amide bonds. The number of rotatable bonds is 7. The molecule has 0 aromatic heterocycles. The van der Waals surface area contributed by atoms with Crippen LogP contribution in [-0.2, 0) is 9.47 Å². The highest BCUT2D eigenvalue weighted by Crippen LogP contribution is 2.04. The van der Waals surface area contributed by atoms with E-state index in [1.807, 2.05) is 12.1 Å². The fraction of sp³-hybridized carbons (Fsp3) is 0.100. The Kier molecular flexibility index (Phi) is 6.53. The van der Waals surface area contributed by atoms with Gasteiger partial charge in [-0.2, -0.15) is 0 Å². The van der Waals surface area contributed by atoms with Crippen LogP contribution in [0.5, 0.6) is 0 Å². The molecule has 0 fully saturated rings. The Morgan fingerprint density at radius 1 is 0.833 bits per heavy atom. The molecule has 0 aliphatic carbocycles. The fourth-order valence-corrected chi connectivity index (χ4v) is 1.86. The SMILES string of the molecule is C=C(/C=C/COC(=O)c1ccccc1)COC(=O)c1ccccc1. The van der Waals surface area contributed by atoms with Gasteiger partial charge in [-0.15, -0.1) is 0 Å². The van der Waals surface area contributed by atoms with Gasteiger partial charge in [0.2, 0.25) is 0 Å². The monoisotopic (exact) mass is 322 g/mol. The van der Waals surface area contributed by atoms with E-state index in [1.54, 1.807) is 60.7 Å². The average molecular weight is 322 g/mol. The van der Waals surface area contributed by atoms with Crippen LogP contribution in [0, 0.1) is 0 Å². The summed E-state index contributed by atoms with van der Waals surface area (Å²) in [6.07, 6.45) is 3.32. The Hall–Kier alpha value is -3.14. The lowest BCUT2D eigenvalue weighted by Gasteiger charge is -2.05. The van der Waals surface area contributed by atoms with Crippen LogP contribution in [-0.4, -0.2) is 25.2 Å². The van der Waals surface area contributed by atoms with E-state index in [4.69, 9.17) is 9.47 Å². The second-order valence-electron chi connectivity index (χ2n) is 4.97. The van der Waals surface area contributed by atoms with Crippen molar-refractivity contribution in [3.05, 3.63) is 96.1 Å². The molecule has 24 heavy (non-hydrogen) atoms. The zero-order valence-electron chi connectivity index (χ0n) is 13.2. The smallest absolute Gasteiger partial charge is 0.338 e. The Balaban J connectivity index is 1.70. The van der Waals surface area contributed by atoms with Crippen molar-refractivity contribution < 1.29 is 19.1 Å². The first-order valence-corrected chi connectivity index (χ1v) is 7.45. The highest BCUT2D eigenvalue weighted by atomic mass is 16.5. The average Bonchev–Trinajstić information content (AvgIpc) is 2.64. The van der Waals surface area contributed by atoms with Gasteiger partial charge >= 0.3 is 11.9 Å². The van der Waals surface area contributed by atoms with Crippen molar-refractivity contribution in [3.8, 4) is 0 Å². The molecule has 0 radical (unpaired) electrons. The van der Waals surface area contributed by atoms with Crippen LogP contribution in [0.4, 0.5) is 0 Å². The molecule has 4 heteroatoms. The molecule has 0 atom stereocenters. The molecular weight excluding hydrogens is 304 g/mol. The van der Waals surface area contributed by atoms with Crippen LogP contribution in [0.3, 0.4) is 0 Å². The van der Waals surface area contributed by atoms with E-state index in [0.717, 1.165) is 0 Å². The third-order valence-electron chi connectivity index (χ3n) is 3.07. The lowest BCUT2D eigenvalue weighted by molar-refractivity contribution is 0.0540. The molecule has 4 nitrogen and oxygen atoms in total. The largest absolute Gasteiger partial charge is 0.458 e. The quantitative estimate of drug-likeness (QED) is 0.574. The molecule has 0 aliphatic heterocycles. The summed E-state index contributed by atoms with van der Waals surface area (Å²) in [5.41, 5.74) is 1.60. The minimum Gasteiger partial charge on any atom is -0.458 e. The molecule has 2 aromatic carbocycles. The van der Waals surface area contributed by atoms with Crippen LogP contribution in [0.1, 0.15) is 20.7 Å². The third kappa shape index (κ3) is 5.57. The van der Waals surface area contributed by atoms with Crippen LogP contribution >= 0.6 is 0 Å². The summed E-state index contributed by atoms with van der Waals surface area (Å²) in [4.78, 5) is 23.5. The van der Waals surface area contributed by atoms with Crippen molar-refractivity contribution >= 4 is 11.9 Å². The topological polar surface area (TPSA) is 52.6 Å². The molecule has 2 aromatic rings. The maximum atomic E-state index is 11.8. The Bertz CT molecular complexity index is 718. The summed E-state index contributed by atoms with van der Waals surface area (Å²) in [5.74, 6) is -0.790. The Morgan fingerprint density at radius 2 is 1.33 bits per heavy atom. The second-order valence-corrected chi connectivity index (χ2v) is 4.97. The standard InChI is InChI=1S/C20H18O4/c1-16(15-24-20(22)18-12-6-3-7-13-18)9-8-14-23-19(21)17-10-4-2-5-11-17/h2-13H,1,14-15H2/b9-8+. The van der Waals surface area contributed by atoms with E-state index < -0.39 is 5.97 Å². The maximum absolute atomic E-state index is 11.8. The predicted molar refractivity (Wildman–Crippen MR) is 91.7 cm³/mol. The summed E-state index contributed by atoms with van der Waals surface area (Å²) in [6, 6.07) is 17.5. The minimum absolute atomic E-state index is 0.0802. The number of carbonyl (C=O) groups excluding carboxylic acids is 2. The second kappa shape index (κ2) is 9.10. The molecule has 0 N–H and O–H groups in total. The van der Waals surface area contributed by atoms with Gasteiger partial charge in [-0.1, -0.05) is 49.1 Å². The Labute approximate surface area is 141 Å². The molecule has 0 saturated carbocycles. The van der Waals surface area contributed by atoms with Gasteiger partial charge in [0, 0.05) is 0 Å². The van der Waals surface area contributed by atoms with Gasteiger partial charge < -0.3 is 9.47 Å². The van der Waals surface area contributed by atoms with Crippen molar-refractivity contribution in [3.63, 3.8) is 0 Å². The minimum atomic E-state index is -0.402. The number of hydrogen-bond acceptors (Lipinski definition) is 4. The molecular formula is C20H18O4. The van der Waals surface area contributed by atoms with Crippen LogP contribution in [0.25, 0.3) is 0 Å². The zero-order chi connectivity index (χ0) is 17.2. The van der Waals surface area contributed by atoms with Crippen molar-refractivity contribution in [1.82, 2.24) is 0 Å². The van der Waals surface area contributed by atoms with Gasteiger partial charge in [0.1, 0.15) is 13.2 Å². The predicted octanol–water partition coefficient (Wildman–Crippen LogP) is 3.81. The van der Waals surface area contributed by atoms with Gasteiger partial charge in [-0.05, 0) is 35.9 Å². The molecule has 0 bridgehead atoms. The summed E-state index contributed by atoms with van der Waals surface area (Å²) in [7, 11) is 0. The van der Waals surface area contributed by atoms with E-state index in [9.17, 15) is 9.59 Å². The van der Waals surface area contributed by atoms with Gasteiger partial charge in [0.05, 0.1) is 11.1 Å². The van der Waals surface area contributed by atoms with E-state index in [0.29, 0.717) is 16.7 Å². The molecule has 0 unspecified atom stereocenters. The first kappa shape index (κ1) is 17.2. The number of carbonyl (C=O) groups is 2. The lowest BCUT2D eigenvalue weighted by Crippen LogP contribution is -2.07. The molecule has 2 rings (SSSR count).